The highest BCUT2D eigenvalue weighted by molar-refractivity contribution is 5.74. The number of likely N-dealkylation sites (tertiary alicyclic amines) is 1. The predicted molar refractivity (Wildman–Crippen MR) is 92.8 cm³/mol. The SMILES string of the molecule is CCc1nc2n(n1)CCC[C@@H]2NC(=O)NCCCN1CCCCC1. The number of nitrogens with one attached hydrogen (secondary N) is 2. The first-order chi connectivity index (χ1) is 11.8. The lowest BCUT2D eigenvalue weighted by atomic mass is 10.1. The van der Waals surface area contributed by atoms with Gasteiger partial charge in [0.05, 0.1) is 6.04 Å². The number of hydrogen-bond donors (Lipinski definition) is 2. The summed E-state index contributed by atoms with van der Waals surface area (Å²) >= 11 is 0. The van der Waals surface area contributed by atoms with Crippen LogP contribution in [0.5, 0.6) is 0 Å². The zero-order valence-corrected chi connectivity index (χ0v) is 14.8. The van der Waals surface area contributed by atoms with Crippen molar-refractivity contribution in [3.05, 3.63) is 11.6 Å². The molecule has 1 aromatic heterocycles. The Bertz CT molecular complexity index is 537. The minimum absolute atomic E-state index is 0.0198. The van der Waals surface area contributed by atoms with Gasteiger partial charge < -0.3 is 15.5 Å². The zero-order chi connectivity index (χ0) is 16.8. The van der Waals surface area contributed by atoms with Gasteiger partial charge in [0, 0.05) is 19.5 Å². The van der Waals surface area contributed by atoms with Gasteiger partial charge in [-0.25, -0.2) is 14.5 Å². The highest BCUT2D eigenvalue weighted by Crippen LogP contribution is 2.23. The lowest BCUT2D eigenvalue weighted by Crippen LogP contribution is -2.41. The van der Waals surface area contributed by atoms with Gasteiger partial charge in [0.2, 0.25) is 0 Å². The second-order valence-corrected chi connectivity index (χ2v) is 6.81. The van der Waals surface area contributed by atoms with Crippen molar-refractivity contribution in [3.8, 4) is 0 Å². The van der Waals surface area contributed by atoms with Gasteiger partial charge in [0.15, 0.2) is 5.82 Å². The monoisotopic (exact) mass is 334 g/mol. The third-order valence-corrected chi connectivity index (χ3v) is 4.93. The van der Waals surface area contributed by atoms with Crippen LogP contribution in [0.15, 0.2) is 0 Å². The van der Waals surface area contributed by atoms with Gasteiger partial charge in [0.25, 0.3) is 0 Å². The number of amides is 2. The van der Waals surface area contributed by atoms with Crippen LogP contribution in [0.25, 0.3) is 0 Å². The standard InChI is InChI=1S/C17H30N6O/c1-2-15-20-16-14(8-6-13-23(16)21-15)19-17(24)18-9-7-12-22-10-4-3-5-11-22/h14H,2-13H2,1H3,(H2,18,19,24)/t14-/m0/s1. The second kappa shape index (κ2) is 8.46. The number of carbonyl (C=O) groups excluding carboxylic acids is 1. The van der Waals surface area contributed by atoms with E-state index in [1.54, 1.807) is 0 Å². The van der Waals surface area contributed by atoms with E-state index in [0.717, 1.165) is 57.0 Å². The lowest BCUT2D eigenvalue weighted by Gasteiger charge is -2.26. The molecule has 0 saturated carbocycles. The van der Waals surface area contributed by atoms with E-state index in [-0.39, 0.29) is 12.1 Å². The summed E-state index contributed by atoms with van der Waals surface area (Å²) in [5.41, 5.74) is 0. The Balaban J connectivity index is 1.40. The third-order valence-electron chi connectivity index (χ3n) is 4.93. The fraction of sp³-hybridized carbons (Fsp3) is 0.824. The Morgan fingerprint density at radius 3 is 2.83 bits per heavy atom. The topological polar surface area (TPSA) is 75.1 Å². The van der Waals surface area contributed by atoms with E-state index in [1.165, 1.54) is 32.4 Å². The molecule has 7 heteroatoms. The number of aryl methyl sites for hydroxylation is 2. The van der Waals surface area contributed by atoms with Crippen molar-refractivity contribution in [2.75, 3.05) is 26.2 Å². The minimum atomic E-state index is -0.0897. The van der Waals surface area contributed by atoms with Gasteiger partial charge in [-0.2, -0.15) is 5.10 Å². The summed E-state index contributed by atoms with van der Waals surface area (Å²) in [6, 6.07) is -0.109. The van der Waals surface area contributed by atoms with Gasteiger partial charge in [-0.1, -0.05) is 13.3 Å². The Morgan fingerprint density at radius 1 is 1.21 bits per heavy atom. The Kier molecular flexibility index (Phi) is 6.07. The van der Waals surface area contributed by atoms with Crippen molar-refractivity contribution < 1.29 is 4.79 Å². The summed E-state index contributed by atoms with van der Waals surface area (Å²) in [5.74, 6) is 1.77. The normalized spacial score (nSPS) is 21.3. The number of fused-ring (bicyclic) bond motifs is 1. The summed E-state index contributed by atoms with van der Waals surface area (Å²) in [6.07, 6.45) is 7.79. The molecule has 2 aliphatic rings. The number of aromatic nitrogens is 3. The highest BCUT2D eigenvalue weighted by Gasteiger charge is 2.25. The molecule has 0 spiro atoms. The van der Waals surface area contributed by atoms with E-state index in [2.05, 4.69) is 32.5 Å². The van der Waals surface area contributed by atoms with Crippen LogP contribution in [-0.2, 0) is 13.0 Å². The van der Waals surface area contributed by atoms with Crippen LogP contribution in [0.3, 0.4) is 0 Å². The molecule has 3 heterocycles. The molecule has 7 nitrogen and oxygen atoms in total. The predicted octanol–water partition coefficient (Wildman–Crippen LogP) is 1.85. The molecule has 0 aromatic carbocycles. The van der Waals surface area contributed by atoms with Crippen molar-refractivity contribution in [2.24, 2.45) is 0 Å². The molecule has 0 aliphatic carbocycles. The average Bonchev–Trinajstić information content (AvgIpc) is 3.04. The largest absolute Gasteiger partial charge is 0.338 e. The van der Waals surface area contributed by atoms with E-state index in [0.29, 0.717) is 0 Å². The van der Waals surface area contributed by atoms with Crippen LogP contribution < -0.4 is 10.6 Å². The first-order valence-electron chi connectivity index (χ1n) is 9.46. The summed E-state index contributed by atoms with van der Waals surface area (Å²) in [4.78, 5) is 19.2. The molecule has 0 bridgehead atoms. The molecule has 0 radical (unpaired) electrons. The van der Waals surface area contributed by atoms with Crippen molar-refractivity contribution in [1.82, 2.24) is 30.3 Å². The van der Waals surface area contributed by atoms with E-state index >= 15 is 0 Å². The van der Waals surface area contributed by atoms with Crippen LogP contribution in [0.4, 0.5) is 4.79 Å². The number of piperidine rings is 1. The Hall–Kier alpha value is -1.63. The third kappa shape index (κ3) is 4.47. The molecular formula is C17H30N6O. The van der Waals surface area contributed by atoms with E-state index in [4.69, 9.17) is 0 Å². The van der Waals surface area contributed by atoms with Crippen molar-refractivity contribution >= 4 is 6.03 Å². The van der Waals surface area contributed by atoms with Gasteiger partial charge in [0.1, 0.15) is 5.82 Å². The summed E-state index contributed by atoms with van der Waals surface area (Å²) in [5, 5.41) is 10.5. The molecule has 2 amide bonds. The minimum Gasteiger partial charge on any atom is -0.338 e. The van der Waals surface area contributed by atoms with Crippen LogP contribution >= 0.6 is 0 Å². The van der Waals surface area contributed by atoms with Crippen molar-refractivity contribution in [3.63, 3.8) is 0 Å². The molecule has 2 aliphatic heterocycles. The maximum absolute atomic E-state index is 12.2. The van der Waals surface area contributed by atoms with Gasteiger partial charge in [-0.3, -0.25) is 0 Å². The maximum atomic E-state index is 12.2. The molecule has 1 fully saturated rings. The van der Waals surface area contributed by atoms with E-state index in [9.17, 15) is 4.79 Å². The number of urea groups is 1. The van der Waals surface area contributed by atoms with Crippen molar-refractivity contribution in [2.45, 2.75) is 64.5 Å². The number of nitrogens with zero attached hydrogens (tertiary/aromatic N) is 4. The summed E-state index contributed by atoms with van der Waals surface area (Å²) in [6.45, 7) is 7.18. The Morgan fingerprint density at radius 2 is 2.04 bits per heavy atom. The van der Waals surface area contributed by atoms with Crippen LogP contribution in [0.1, 0.15) is 63.1 Å². The zero-order valence-electron chi connectivity index (χ0n) is 14.8. The number of rotatable bonds is 6. The molecule has 3 rings (SSSR count). The number of carbonyl (C=O) groups is 1. The fourth-order valence-electron chi connectivity index (χ4n) is 3.58. The van der Waals surface area contributed by atoms with Crippen LogP contribution in [0.2, 0.25) is 0 Å². The Labute approximate surface area is 144 Å². The maximum Gasteiger partial charge on any atom is 0.315 e. The molecule has 1 saturated heterocycles. The van der Waals surface area contributed by atoms with Crippen LogP contribution in [0, 0.1) is 0 Å². The quantitative estimate of drug-likeness (QED) is 0.779. The molecular weight excluding hydrogens is 304 g/mol. The van der Waals surface area contributed by atoms with E-state index < -0.39 is 0 Å². The summed E-state index contributed by atoms with van der Waals surface area (Å²) < 4.78 is 1.95. The molecule has 0 unspecified atom stereocenters. The molecule has 1 aromatic rings. The van der Waals surface area contributed by atoms with Gasteiger partial charge in [-0.15, -0.1) is 0 Å². The van der Waals surface area contributed by atoms with Crippen molar-refractivity contribution in [1.29, 1.82) is 0 Å². The summed E-state index contributed by atoms with van der Waals surface area (Å²) in [7, 11) is 0. The smallest absolute Gasteiger partial charge is 0.315 e. The first kappa shape index (κ1) is 17.2. The highest BCUT2D eigenvalue weighted by atomic mass is 16.2. The second-order valence-electron chi connectivity index (χ2n) is 6.81. The van der Waals surface area contributed by atoms with Crippen LogP contribution in [-0.4, -0.2) is 51.9 Å². The fourth-order valence-corrected chi connectivity index (χ4v) is 3.58. The number of hydrogen-bond acceptors (Lipinski definition) is 4. The average molecular weight is 334 g/mol. The molecule has 1 atom stereocenters. The molecule has 2 N–H and O–H groups in total. The van der Waals surface area contributed by atoms with E-state index in [1.807, 2.05) is 4.68 Å². The first-order valence-corrected chi connectivity index (χ1v) is 9.46. The van der Waals surface area contributed by atoms with Gasteiger partial charge in [-0.05, 0) is 51.7 Å². The molecule has 24 heavy (non-hydrogen) atoms. The molecule has 134 valence electrons. The van der Waals surface area contributed by atoms with Gasteiger partial charge >= 0.3 is 6.03 Å². The lowest BCUT2D eigenvalue weighted by molar-refractivity contribution is 0.220.